The van der Waals surface area contributed by atoms with Crippen LogP contribution in [0.15, 0.2) is 54.9 Å². The lowest BCUT2D eigenvalue weighted by Gasteiger charge is -2.05. The summed E-state index contributed by atoms with van der Waals surface area (Å²) < 4.78 is 6.79. The van der Waals surface area contributed by atoms with Crippen molar-refractivity contribution in [3.05, 3.63) is 66.0 Å². The van der Waals surface area contributed by atoms with E-state index in [0.717, 1.165) is 16.8 Å². The Hall–Kier alpha value is -2.82. The predicted molar refractivity (Wildman–Crippen MR) is 79.4 cm³/mol. The highest BCUT2D eigenvalue weighted by molar-refractivity contribution is 6.00. The van der Waals surface area contributed by atoms with E-state index in [1.807, 2.05) is 48.7 Å². The van der Waals surface area contributed by atoms with Crippen LogP contribution in [0.4, 0.5) is 0 Å². The molecule has 0 bridgehead atoms. The molecular formula is C16H15N3O2. The summed E-state index contributed by atoms with van der Waals surface area (Å²) in [6, 6.07) is 13.2. The van der Waals surface area contributed by atoms with Crippen molar-refractivity contribution in [3.63, 3.8) is 0 Å². The van der Waals surface area contributed by atoms with Crippen molar-refractivity contribution < 1.29 is 9.53 Å². The molecule has 0 saturated heterocycles. The molecule has 0 saturated carbocycles. The summed E-state index contributed by atoms with van der Waals surface area (Å²) in [7, 11) is 1.63. The molecule has 0 unspecified atom stereocenters. The predicted octanol–water partition coefficient (Wildman–Crippen LogP) is 2.27. The topological polar surface area (TPSA) is 55.6 Å². The molecule has 0 aliphatic carbocycles. The van der Waals surface area contributed by atoms with Crippen LogP contribution < -0.4 is 10.1 Å². The van der Waals surface area contributed by atoms with Crippen LogP contribution >= 0.6 is 0 Å². The molecule has 1 aromatic carbocycles. The van der Waals surface area contributed by atoms with E-state index in [4.69, 9.17) is 4.74 Å². The van der Waals surface area contributed by atoms with Gasteiger partial charge in [-0.25, -0.2) is 4.52 Å². The molecule has 2 heterocycles. The normalized spacial score (nSPS) is 10.5. The Morgan fingerprint density at radius 2 is 2.05 bits per heavy atom. The molecule has 0 atom stereocenters. The third-order valence-corrected chi connectivity index (χ3v) is 3.28. The van der Waals surface area contributed by atoms with E-state index in [1.165, 1.54) is 0 Å². The van der Waals surface area contributed by atoms with Crippen LogP contribution in [0.25, 0.3) is 5.52 Å². The molecule has 5 heteroatoms. The summed E-state index contributed by atoms with van der Waals surface area (Å²) in [6.07, 6.45) is 3.40. The van der Waals surface area contributed by atoms with Gasteiger partial charge in [-0.1, -0.05) is 18.2 Å². The number of pyridine rings is 1. The zero-order valence-electron chi connectivity index (χ0n) is 11.6. The maximum absolute atomic E-state index is 12.2. The fourth-order valence-electron chi connectivity index (χ4n) is 2.13. The molecule has 2 aromatic heterocycles. The summed E-state index contributed by atoms with van der Waals surface area (Å²) >= 11 is 0. The first-order valence-corrected chi connectivity index (χ1v) is 6.61. The van der Waals surface area contributed by atoms with Crippen LogP contribution in [0.3, 0.4) is 0 Å². The van der Waals surface area contributed by atoms with Crippen molar-refractivity contribution in [2.75, 3.05) is 7.11 Å². The highest BCUT2D eigenvalue weighted by atomic mass is 16.5. The molecule has 21 heavy (non-hydrogen) atoms. The first-order valence-electron chi connectivity index (χ1n) is 6.61. The Labute approximate surface area is 122 Å². The van der Waals surface area contributed by atoms with Crippen molar-refractivity contribution in [2.45, 2.75) is 6.54 Å². The van der Waals surface area contributed by atoms with Crippen molar-refractivity contribution in [1.82, 2.24) is 14.9 Å². The molecule has 1 amide bonds. The van der Waals surface area contributed by atoms with Gasteiger partial charge in [0.1, 0.15) is 5.75 Å². The summed E-state index contributed by atoms with van der Waals surface area (Å²) in [5.41, 5.74) is 2.38. The van der Waals surface area contributed by atoms with Crippen molar-refractivity contribution in [1.29, 1.82) is 0 Å². The summed E-state index contributed by atoms with van der Waals surface area (Å²) in [6.45, 7) is 0.465. The number of carbonyl (C=O) groups is 1. The van der Waals surface area contributed by atoms with Gasteiger partial charge in [0.25, 0.3) is 5.91 Å². The van der Waals surface area contributed by atoms with Crippen molar-refractivity contribution >= 4 is 11.4 Å². The number of methoxy groups -OCH3 is 1. The second-order valence-corrected chi connectivity index (χ2v) is 4.62. The lowest BCUT2D eigenvalue weighted by molar-refractivity contribution is 0.0952. The monoisotopic (exact) mass is 281 g/mol. The Bertz CT molecular complexity index is 763. The van der Waals surface area contributed by atoms with Gasteiger partial charge < -0.3 is 10.1 Å². The molecule has 5 nitrogen and oxygen atoms in total. The van der Waals surface area contributed by atoms with Gasteiger partial charge in [0.15, 0.2) is 0 Å². The van der Waals surface area contributed by atoms with Gasteiger partial charge in [-0.2, -0.15) is 5.10 Å². The fourth-order valence-corrected chi connectivity index (χ4v) is 2.13. The average molecular weight is 281 g/mol. The Kier molecular flexibility index (Phi) is 3.55. The van der Waals surface area contributed by atoms with E-state index >= 15 is 0 Å². The van der Waals surface area contributed by atoms with Gasteiger partial charge in [-0.05, 0) is 29.8 Å². The van der Waals surface area contributed by atoms with Crippen LogP contribution in [0, 0.1) is 0 Å². The number of carbonyl (C=O) groups excluding carboxylic acids is 1. The zero-order chi connectivity index (χ0) is 14.7. The van der Waals surface area contributed by atoms with Gasteiger partial charge in [0.2, 0.25) is 0 Å². The van der Waals surface area contributed by atoms with E-state index in [1.54, 1.807) is 17.8 Å². The van der Waals surface area contributed by atoms with Crippen LogP contribution in [0.1, 0.15) is 15.9 Å². The summed E-state index contributed by atoms with van der Waals surface area (Å²) in [5.74, 6) is 0.666. The third kappa shape index (κ3) is 2.72. The molecule has 0 fully saturated rings. The maximum Gasteiger partial charge on any atom is 0.255 e. The lowest BCUT2D eigenvalue weighted by Crippen LogP contribution is -2.22. The average Bonchev–Trinajstić information content (AvgIpc) is 2.97. The number of aromatic nitrogens is 2. The van der Waals surface area contributed by atoms with Gasteiger partial charge in [-0.15, -0.1) is 0 Å². The molecule has 3 rings (SSSR count). The molecule has 3 aromatic rings. The number of hydrogen-bond acceptors (Lipinski definition) is 3. The fraction of sp³-hybridized carbons (Fsp3) is 0.125. The van der Waals surface area contributed by atoms with Crippen LogP contribution in [-0.2, 0) is 6.54 Å². The van der Waals surface area contributed by atoms with Crippen LogP contribution in [0.5, 0.6) is 5.75 Å². The Balaban J connectivity index is 1.71. The molecule has 0 spiro atoms. The Morgan fingerprint density at radius 3 is 2.81 bits per heavy atom. The molecule has 1 N–H and O–H groups in total. The van der Waals surface area contributed by atoms with E-state index in [0.29, 0.717) is 12.1 Å². The van der Waals surface area contributed by atoms with E-state index in [2.05, 4.69) is 10.4 Å². The maximum atomic E-state index is 12.2. The quantitative estimate of drug-likeness (QED) is 0.798. The minimum Gasteiger partial charge on any atom is -0.497 e. The minimum absolute atomic E-state index is 0.132. The number of amides is 1. The summed E-state index contributed by atoms with van der Waals surface area (Å²) in [5, 5.41) is 7.05. The molecule has 106 valence electrons. The van der Waals surface area contributed by atoms with E-state index in [9.17, 15) is 4.79 Å². The van der Waals surface area contributed by atoms with Crippen LogP contribution in [-0.4, -0.2) is 22.6 Å². The van der Waals surface area contributed by atoms with Crippen LogP contribution in [0.2, 0.25) is 0 Å². The van der Waals surface area contributed by atoms with Crippen molar-refractivity contribution in [2.24, 2.45) is 0 Å². The largest absolute Gasteiger partial charge is 0.497 e. The highest BCUT2D eigenvalue weighted by Gasteiger charge is 2.11. The highest BCUT2D eigenvalue weighted by Crippen LogP contribution is 2.12. The number of nitrogens with zero attached hydrogens (tertiary/aromatic N) is 2. The molecule has 0 radical (unpaired) electrons. The van der Waals surface area contributed by atoms with Gasteiger partial charge in [-0.3, -0.25) is 4.79 Å². The standard InChI is InChI=1S/C16H15N3O2/c1-21-13-7-5-12(6-8-13)10-17-16(20)14-11-18-19-9-3-2-4-15(14)19/h2-9,11H,10H2,1H3,(H,17,20). The summed E-state index contributed by atoms with van der Waals surface area (Å²) in [4.78, 5) is 12.2. The smallest absolute Gasteiger partial charge is 0.255 e. The molecular weight excluding hydrogens is 266 g/mol. The lowest BCUT2D eigenvalue weighted by atomic mass is 10.2. The number of hydrogen-bond donors (Lipinski definition) is 1. The number of rotatable bonds is 4. The van der Waals surface area contributed by atoms with E-state index in [-0.39, 0.29) is 5.91 Å². The number of benzene rings is 1. The minimum atomic E-state index is -0.132. The van der Waals surface area contributed by atoms with Gasteiger partial charge in [0.05, 0.1) is 24.4 Å². The molecule has 0 aliphatic heterocycles. The van der Waals surface area contributed by atoms with E-state index < -0.39 is 0 Å². The third-order valence-electron chi connectivity index (χ3n) is 3.28. The second-order valence-electron chi connectivity index (χ2n) is 4.62. The Morgan fingerprint density at radius 1 is 1.24 bits per heavy atom. The SMILES string of the molecule is COc1ccc(CNC(=O)c2cnn3ccccc23)cc1. The zero-order valence-corrected chi connectivity index (χ0v) is 11.6. The number of fused-ring (bicyclic) bond motifs is 1. The number of nitrogens with one attached hydrogen (secondary N) is 1. The van der Waals surface area contributed by atoms with Gasteiger partial charge in [0, 0.05) is 12.7 Å². The first-order chi connectivity index (χ1) is 10.3. The molecule has 0 aliphatic rings. The number of ether oxygens (including phenoxy) is 1. The van der Waals surface area contributed by atoms with Crippen molar-refractivity contribution in [3.8, 4) is 5.75 Å². The van der Waals surface area contributed by atoms with Gasteiger partial charge >= 0.3 is 0 Å². The first kappa shape index (κ1) is 13.2. The second kappa shape index (κ2) is 5.66.